The van der Waals surface area contributed by atoms with Gasteiger partial charge in [0.15, 0.2) is 0 Å². The van der Waals surface area contributed by atoms with E-state index in [4.69, 9.17) is 4.74 Å². The third-order valence-corrected chi connectivity index (χ3v) is 3.77. The second-order valence-corrected chi connectivity index (χ2v) is 6.87. The van der Waals surface area contributed by atoms with Gasteiger partial charge in [-0.2, -0.15) is 0 Å². The summed E-state index contributed by atoms with van der Waals surface area (Å²) < 4.78 is 5.43. The summed E-state index contributed by atoms with van der Waals surface area (Å²) in [6, 6.07) is 8.79. The number of carbonyl (C=O) groups is 1. The average molecular weight is 304 g/mol. The van der Waals surface area contributed by atoms with E-state index in [1.54, 1.807) is 4.90 Å². The van der Waals surface area contributed by atoms with Crippen LogP contribution in [-0.4, -0.2) is 42.8 Å². The highest BCUT2D eigenvalue weighted by Crippen LogP contribution is 2.19. The summed E-state index contributed by atoms with van der Waals surface area (Å²) in [7, 11) is 0. The lowest BCUT2D eigenvalue weighted by atomic mass is 10.1. The molecule has 1 heterocycles. The van der Waals surface area contributed by atoms with Gasteiger partial charge in [0.2, 0.25) is 0 Å². The normalized spacial score (nSPS) is 15.8. The second-order valence-electron chi connectivity index (χ2n) is 6.87. The van der Waals surface area contributed by atoms with Gasteiger partial charge in [0.25, 0.3) is 0 Å². The zero-order valence-corrected chi connectivity index (χ0v) is 14.3. The van der Waals surface area contributed by atoms with Gasteiger partial charge < -0.3 is 14.5 Å². The van der Waals surface area contributed by atoms with E-state index in [1.807, 2.05) is 20.8 Å². The van der Waals surface area contributed by atoms with E-state index in [0.717, 1.165) is 19.5 Å². The Labute approximate surface area is 134 Å². The number of rotatable bonds is 3. The third kappa shape index (κ3) is 4.65. The lowest BCUT2D eigenvalue weighted by Crippen LogP contribution is -2.50. The molecule has 1 fully saturated rings. The van der Waals surface area contributed by atoms with Crippen LogP contribution in [0.5, 0.6) is 0 Å². The fraction of sp³-hybridized carbons (Fsp3) is 0.611. The van der Waals surface area contributed by atoms with E-state index in [-0.39, 0.29) is 6.09 Å². The highest BCUT2D eigenvalue weighted by Gasteiger charge is 2.25. The number of aryl methyl sites for hydroxylation is 1. The fourth-order valence-corrected chi connectivity index (χ4v) is 2.64. The predicted molar refractivity (Wildman–Crippen MR) is 90.5 cm³/mol. The Hall–Kier alpha value is -1.71. The van der Waals surface area contributed by atoms with Gasteiger partial charge in [-0.25, -0.2) is 4.79 Å². The molecule has 1 amide bonds. The molecule has 0 radical (unpaired) electrons. The molecular weight excluding hydrogens is 276 g/mol. The Balaban J connectivity index is 1.87. The van der Waals surface area contributed by atoms with Crippen LogP contribution in [0.4, 0.5) is 10.5 Å². The fourth-order valence-electron chi connectivity index (χ4n) is 2.64. The Morgan fingerprint density at radius 1 is 1.09 bits per heavy atom. The van der Waals surface area contributed by atoms with Crippen LogP contribution in [-0.2, 0) is 11.2 Å². The lowest BCUT2D eigenvalue weighted by molar-refractivity contribution is 0.0240. The summed E-state index contributed by atoms with van der Waals surface area (Å²) in [6.45, 7) is 11.0. The number of hydrogen-bond donors (Lipinski definition) is 0. The molecular formula is C18H28N2O2. The first-order chi connectivity index (χ1) is 10.4. The summed E-state index contributed by atoms with van der Waals surface area (Å²) in [4.78, 5) is 16.2. The first-order valence-corrected chi connectivity index (χ1v) is 8.21. The molecule has 0 aliphatic carbocycles. The standard InChI is InChI=1S/C18H28N2O2/c1-5-6-15-7-9-16(10-8-15)19-11-13-20(14-12-19)17(21)22-18(2,3)4/h7-10H,5-6,11-14H2,1-4H3. The van der Waals surface area contributed by atoms with Gasteiger partial charge in [0, 0.05) is 31.9 Å². The maximum atomic E-state index is 12.1. The maximum absolute atomic E-state index is 12.1. The molecule has 4 heteroatoms. The molecule has 122 valence electrons. The van der Waals surface area contributed by atoms with E-state index in [2.05, 4.69) is 36.1 Å². The predicted octanol–water partition coefficient (Wildman–Crippen LogP) is 3.70. The van der Waals surface area contributed by atoms with Gasteiger partial charge in [0.05, 0.1) is 0 Å². The van der Waals surface area contributed by atoms with Crippen molar-refractivity contribution >= 4 is 11.8 Å². The highest BCUT2D eigenvalue weighted by atomic mass is 16.6. The number of ether oxygens (including phenoxy) is 1. The SMILES string of the molecule is CCCc1ccc(N2CCN(C(=O)OC(C)(C)C)CC2)cc1. The monoisotopic (exact) mass is 304 g/mol. The molecule has 0 aromatic heterocycles. The van der Waals surface area contributed by atoms with Gasteiger partial charge in [-0.05, 0) is 44.9 Å². The number of hydrogen-bond acceptors (Lipinski definition) is 3. The van der Waals surface area contributed by atoms with Crippen LogP contribution in [0, 0.1) is 0 Å². The molecule has 1 aliphatic rings. The zero-order chi connectivity index (χ0) is 16.2. The van der Waals surface area contributed by atoms with Gasteiger partial charge in [-0.15, -0.1) is 0 Å². The number of benzene rings is 1. The van der Waals surface area contributed by atoms with Crippen LogP contribution in [0.25, 0.3) is 0 Å². The molecule has 0 spiro atoms. The summed E-state index contributed by atoms with van der Waals surface area (Å²) in [5, 5.41) is 0. The highest BCUT2D eigenvalue weighted by molar-refractivity contribution is 5.68. The number of amides is 1. The van der Waals surface area contributed by atoms with Crippen LogP contribution in [0.15, 0.2) is 24.3 Å². The first-order valence-electron chi connectivity index (χ1n) is 8.21. The Morgan fingerprint density at radius 3 is 2.18 bits per heavy atom. The van der Waals surface area contributed by atoms with Crippen LogP contribution in [0.2, 0.25) is 0 Å². The van der Waals surface area contributed by atoms with Gasteiger partial charge in [-0.1, -0.05) is 25.5 Å². The van der Waals surface area contributed by atoms with Crippen molar-refractivity contribution in [3.8, 4) is 0 Å². The van der Waals surface area contributed by atoms with Crippen molar-refractivity contribution in [1.82, 2.24) is 4.90 Å². The molecule has 0 N–H and O–H groups in total. The van der Waals surface area contributed by atoms with E-state index in [1.165, 1.54) is 17.7 Å². The minimum absolute atomic E-state index is 0.203. The number of nitrogens with zero attached hydrogens (tertiary/aromatic N) is 2. The first kappa shape index (κ1) is 16.7. The number of anilines is 1. The second kappa shape index (κ2) is 7.03. The molecule has 1 aliphatic heterocycles. The smallest absolute Gasteiger partial charge is 0.410 e. The molecule has 0 unspecified atom stereocenters. The van der Waals surface area contributed by atoms with Crippen molar-refractivity contribution in [2.45, 2.75) is 46.1 Å². The number of carbonyl (C=O) groups excluding carboxylic acids is 1. The van der Waals surface area contributed by atoms with Crippen molar-refractivity contribution in [1.29, 1.82) is 0 Å². The maximum Gasteiger partial charge on any atom is 0.410 e. The summed E-state index contributed by atoms with van der Waals surface area (Å²) in [5.74, 6) is 0. The topological polar surface area (TPSA) is 32.8 Å². The van der Waals surface area contributed by atoms with Crippen molar-refractivity contribution in [3.05, 3.63) is 29.8 Å². The summed E-state index contributed by atoms with van der Waals surface area (Å²) in [6.07, 6.45) is 2.10. The molecule has 22 heavy (non-hydrogen) atoms. The molecule has 1 saturated heterocycles. The third-order valence-electron chi connectivity index (χ3n) is 3.77. The van der Waals surface area contributed by atoms with Gasteiger partial charge in [-0.3, -0.25) is 0 Å². The zero-order valence-electron chi connectivity index (χ0n) is 14.3. The van der Waals surface area contributed by atoms with Crippen molar-refractivity contribution in [2.24, 2.45) is 0 Å². The van der Waals surface area contributed by atoms with E-state index >= 15 is 0 Å². The molecule has 0 bridgehead atoms. The van der Waals surface area contributed by atoms with Crippen LogP contribution in [0.1, 0.15) is 39.7 Å². The molecule has 0 saturated carbocycles. The van der Waals surface area contributed by atoms with Crippen LogP contribution >= 0.6 is 0 Å². The van der Waals surface area contributed by atoms with Crippen molar-refractivity contribution in [2.75, 3.05) is 31.1 Å². The quantitative estimate of drug-likeness (QED) is 0.853. The number of piperazine rings is 1. The molecule has 1 aromatic rings. The van der Waals surface area contributed by atoms with Gasteiger partial charge in [0.1, 0.15) is 5.60 Å². The van der Waals surface area contributed by atoms with Gasteiger partial charge >= 0.3 is 6.09 Å². The lowest BCUT2D eigenvalue weighted by Gasteiger charge is -2.36. The van der Waals surface area contributed by atoms with E-state index in [9.17, 15) is 4.79 Å². The van der Waals surface area contributed by atoms with Crippen molar-refractivity contribution in [3.63, 3.8) is 0 Å². The Bertz CT molecular complexity index is 483. The largest absolute Gasteiger partial charge is 0.444 e. The van der Waals surface area contributed by atoms with Crippen LogP contribution < -0.4 is 4.90 Å². The summed E-state index contributed by atoms with van der Waals surface area (Å²) >= 11 is 0. The molecule has 2 rings (SSSR count). The minimum atomic E-state index is -0.427. The molecule has 0 atom stereocenters. The van der Waals surface area contributed by atoms with E-state index < -0.39 is 5.60 Å². The Morgan fingerprint density at radius 2 is 1.68 bits per heavy atom. The van der Waals surface area contributed by atoms with Crippen molar-refractivity contribution < 1.29 is 9.53 Å². The molecule has 1 aromatic carbocycles. The van der Waals surface area contributed by atoms with Crippen LogP contribution in [0.3, 0.4) is 0 Å². The molecule has 4 nitrogen and oxygen atoms in total. The Kier molecular flexibility index (Phi) is 5.33. The van der Waals surface area contributed by atoms with E-state index in [0.29, 0.717) is 13.1 Å². The minimum Gasteiger partial charge on any atom is -0.444 e. The summed E-state index contributed by atoms with van der Waals surface area (Å²) in [5.41, 5.74) is 2.20. The average Bonchev–Trinajstić information content (AvgIpc) is 2.47.